The van der Waals surface area contributed by atoms with Crippen LogP contribution in [-0.2, 0) is 0 Å². The van der Waals surface area contributed by atoms with E-state index in [2.05, 4.69) is 27.3 Å². The molecule has 0 spiro atoms. The minimum absolute atomic E-state index is 0.0268. The quantitative estimate of drug-likeness (QED) is 0.120. The summed E-state index contributed by atoms with van der Waals surface area (Å²) in [5.74, 6) is -15.3. The average molecular weight is 811 g/mol. The molecule has 0 aromatic heterocycles. The number of ether oxygens (including phenoxy) is 2. The fourth-order valence-electron chi connectivity index (χ4n) is 2.56. The van der Waals surface area contributed by atoms with Crippen LogP contribution in [0.2, 0.25) is 0 Å². The fourth-order valence-corrected chi connectivity index (χ4v) is 4.93. The molecular formula is C21H6F4I3O6-. The Balaban J connectivity index is 1.80. The van der Waals surface area contributed by atoms with Gasteiger partial charge in [0.15, 0.2) is 11.6 Å². The van der Waals surface area contributed by atoms with Crippen molar-refractivity contribution in [3.8, 4) is 11.5 Å². The van der Waals surface area contributed by atoms with Crippen LogP contribution in [0.25, 0.3) is 0 Å². The zero-order valence-corrected chi connectivity index (χ0v) is 22.5. The molecule has 0 aliphatic rings. The Kier molecular flexibility index (Phi) is 8.38. The molecule has 0 saturated heterocycles. The van der Waals surface area contributed by atoms with Gasteiger partial charge >= 0.3 is 11.9 Å². The van der Waals surface area contributed by atoms with Gasteiger partial charge in [0.05, 0.1) is 22.7 Å². The van der Waals surface area contributed by atoms with Gasteiger partial charge in [-0.15, -0.1) is 0 Å². The molecule has 0 saturated carbocycles. The summed E-state index contributed by atoms with van der Waals surface area (Å²) in [6.07, 6.45) is 0. The summed E-state index contributed by atoms with van der Waals surface area (Å²) in [4.78, 5) is 35.4. The van der Waals surface area contributed by atoms with Crippen LogP contribution < -0.4 is 14.6 Å². The van der Waals surface area contributed by atoms with E-state index in [1.165, 1.54) is 12.1 Å². The van der Waals surface area contributed by atoms with E-state index in [1.807, 2.05) is 51.2 Å². The minimum atomic E-state index is -2.49. The maximum Gasteiger partial charge on any atom is 0.344 e. The number of carbonyl (C=O) groups excluding carboxylic acids is 3. The van der Waals surface area contributed by atoms with E-state index >= 15 is 0 Å². The molecule has 0 aliphatic carbocycles. The predicted molar refractivity (Wildman–Crippen MR) is 132 cm³/mol. The van der Waals surface area contributed by atoms with Crippen molar-refractivity contribution in [2.75, 3.05) is 0 Å². The largest absolute Gasteiger partial charge is 0.545 e. The van der Waals surface area contributed by atoms with Gasteiger partial charge in [-0.2, -0.15) is 8.78 Å². The second-order valence-corrected chi connectivity index (χ2v) is 9.79. The summed E-state index contributed by atoms with van der Waals surface area (Å²) in [6.45, 7) is 0. The van der Waals surface area contributed by atoms with Crippen LogP contribution >= 0.6 is 67.8 Å². The highest BCUT2D eigenvalue weighted by Gasteiger charge is 2.29. The van der Waals surface area contributed by atoms with Crippen LogP contribution in [0.5, 0.6) is 11.5 Å². The second kappa shape index (κ2) is 10.7. The standard InChI is InChI=1S/C21H7F4I3O6/c22-13-12(19(29)30)14(23)16(25)18(15(13)24)34-20(31)7-1-3-9(4-2-7)33-21(32)10-5-8(26)6-11(27)17(10)28/h1-6H,(H,29,30)/p-1. The van der Waals surface area contributed by atoms with Crippen LogP contribution in [0.4, 0.5) is 17.6 Å². The first-order valence-electron chi connectivity index (χ1n) is 8.68. The summed E-state index contributed by atoms with van der Waals surface area (Å²) < 4.78 is 67.5. The highest BCUT2D eigenvalue weighted by atomic mass is 127. The normalized spacial score (nSPS) is 10.7. The van der Waals surface area contributed by atoms with Crippen LogP contribution in [0.1, 0.15) is 31.1 Å². The van der Waals surface area contributed by atoms with Gasteiger partial charge in [0.1, 0.15) is 5.75 Å². The number of carboxylic acids is 1. The molecule has 0 radical (unpaired) electrons. The minimum Gasteiger partial charge on any atom is -0.545 e. The van der Waals surface area contributed by atoms with Crippen LogP contribution in [0.15, 0.2) is 36.4 Å². The molecule has 13 heteroatoms. The Morgan fingerprint density at radius 2 is 1.32 bits per heavy atom. The lowest BCUT2D eigenvalue weighted by atomic mass is 10.1. The third-order valence-electron chi connectivity index (χ3n) is 4.14. The van der Waals surface area contributed by atoms with Crippen molar-refractivity contribution in [2.24, 2.45) is 0 Å². The van der Waals surface area contributed by atoms with Crippen molar-refractivity contribution in [3.63, 3.8) is 0 Å². The summed E-state index contributed by atoms with van der Waals surface area (Å²) in [7, 11) is 0. The molecule has 0 N–H and O–H groups in total. The highest BCUT2D eigenvalue weighted by Crippen LogP contribution is 2.31. The lowest BCUT2D eigenvalue weighted by Crippen LogP contribution is -2.27. The van der Waals surface area contributed by atoms with E-state index in [0.717, 1.165) is 19.3 Å². The highest BCUT2D eigenvalue weighted by molar-refractivity contribution is 14.1. The smallest absolute Gasteiger partial charge is 0.344 e. The van der Waals surface area contributed by atoms with Crippen LogP contribution in [0, 0.1) is 34.0 Å². The molecule has 0 atom stereocenters. The first-order chi connectivity index (χ1) is 15.9. The van der Waals surface area contributed by atoms with Crippen molar-refractivity contribution in [1.82, 2.24) is 0 Å². The van der Waals surface area contributed by atoms with Crippen LogP contribution in [-0.4, -0.2) is 17.9 Å². The van der Waals surface area contributed by atoms with Gasteiger partial charge in [-0.3, -0.25) is 0 Å². The third kappa shape index (κ3) is 5.45. The summed E-state index contributed by atoms with van der Waals surface area (Å²) >= 11 is 6.11. The molecule has 34 heavy (non-hydrogen) atoms. The zero-order chi connectivity index (χ0) is 25.3. The average Bonchev–Trinajstić information content (AvgIpc) is 2.78. The van der Waals surface area contributed by atoms with E-state index in [1.54, 1.807) is 6.07 Å². The number of hydrogen-bond acceptors (Lipinski definition) is 6. The van der Waals surface area contributed by atoms with Crippen molar-refractivity contribution >= 4 is 85.7 Å². The third-order valence-corrected chi connectivity index (χ3v) is 7.80. The number of hydrogen-bond donors (Lipinski definition) is 0. The number of aromatic carboxylic acids is 1. The molecule has 3 rings (SSSR count). The van der Waals surface area contributed by atoms with Gasteiger partial charge in [0.2, 0.25) is 17.4 Å². The molecule has 0 aliphatic heterocycles. The fraction of sp³-hybridized carbons (Fsp3) is 0. The van der Waals surface area contributed by atoms with Gasteiger partial charge in [-0.25, -0.2) is 18.4 Å². The van der Waals surface area contributed by atoms with Crippen molar-refractivity contribution in [3.05, 3.63) is 87.1 Å². The predicted octanol–water partition coefficient (Wildman–Crippen LogP) is 4.86. The van der Waals surface area contributed by atoms with E-state index < -0.39 is 52.5 Å². The molecule has 0 bridgehead atoms. The molecular weight excluding hydrogens is 805 g/mol. The first kappa shape index (κ1) is 26.6. The van der Waals surface area contributed by atoms with Crippen molar-refractivity contribution in [2.45, 2.75) is 0 Å². The van der Waals surface area contributed by atoms with E-state index in [-0.39, 0.29) is 11.3 Å². The van der Waals surface area contributed by atoms with E-state index in [0.29, 0.717) is 9.13 Å². The maximum absolute atomic E-state index is 14.0. The Morgan fingerprint density at radius 3 is 1.85 bits per heavy atom. The number of rotatable bonds is 5. The monoisotopic (exact) mass is 811 g/mol. The number of carboxylic acid groups (broad SMARTS) is 1. The topological polar surface area (TPSA) is 92.7 Å². The van der Waals surface area contributed by atoms with E-state index in [4.69, 9.17) is 4.74 Å². The number of benzene rings is 3. The first-order valence-corrected chi connectivity index (χ1v) is 11.9. The molecule has 0 unspecified atom stereocenters. The van der Waals surface area contributed by atoms with Crippen LogP contribution in [0.3, 0.4) is 0 Å². The number of esters is 2. The lowest BCUT2D eigenvalue weighted by Gasteiger charge is -2.12. The maximum atomic E-state index is 14.0. The Morgan fingerprint density at radius 1 is 0.765 bits per heavy atom. The van der Waals surface area contributed by atoms with E-state index in [9.17, 15) is 37.1 Å². The molecule has 0 amide bonds. The number of carbonyl (C=O) groups is 3. The van der Waals surface area contributed by atoms with Gasteiger partial charge in [-0.05, 0) is 104 Å². The summed E-state index contributed by atoms with van der Waals surface area (Å²) in [6, 6.07) is 8.03. The molecule has 3 aromatic rings. The summed E-state index contributed by atoms with van der Waals surface area (Å²) in [5, 5.41) is 10.7. The molecule has 176 valence electrons. The lowest BCUT2D eigenvalue weighted by molar-refractivity contribution is -0.255. The molecule has 0 heterocycles. The summed E-state index contributed by atoms with van der Waals surface area (Å²) in [5.41, 5.74) is -1.98. The number of halogens is 7. The SMILES string of the molecule is O=C(Oc1c(F)c(F)c(C(=O)[O-])c(F)c1F)c1ccc(OC(=O)c2cc(I)cc(I)c2I)cc1. The zero-order valence-electron chi connectivity index (χ0n) is 16.1. The van der Waals surface area contributed by atoms with Gasteiger partial charge in [-0.1, -0.05) is 0 Å². The Bertz CT molecular complexity index is 1320. The molecule has 3 aromatic carbocycles. The van der Waals surface area contributed by atoms with Gasteiger partial charge in [0, 0.05) is 10.7 Å². The second-order valence-electron chi connectivity index (χ2n) is 6.30. The molecule has 6 nitrogen and oxygen atoms in total. The van der Waals surface area contributed by atoms with Crippen molar-refractivity contribution in [1.29, 1.82) is 0 Å². The van der Waals surface area contributed by atoms with Crippen molar-refractivity contribution < 1.29 is 46.5 Å². The molecule has 0 fully saturated rings. The Labute approximate surface area is 229 Å². The Hall–Kier alpha value is -2.02. The van der Waals surface area contributed by atoms with Gasteiger partial charge < -0.3 is 19.4 Å². The van der Waals surface area contributed by atoms with Gasteiger partial charge in [0.25, 0.3) is 0 Å².